The molecule has 0 fully saturated rings. The van der Waals surface area contributed by atoms with E-state index in [0.29, 0.717) is 5.56 Å². The molecule has 0 saturated heterocycles. The highest BCUT2D eigenvalue weighted by molar-refractivity contribution is 5.85. The van der Waals surface area contributed by atoms with Crippen LogP contribution < -0.4 is 0 Å². The lowest BCUT2D eigenvalue weighted by molar-refractivity contribution is 1.36. The van der Waals surface area contributed by atoms with Gasteiger partial charge in [-0.1, -0.05) is 0 Å². The number of fused-ring (bicyclic) bond motifs is 1. The zero-order valence-corrected chi connectivity index (χ0v) is 8.51. The summed E-state index contributed by atoms with van der Waals surface area (Å²) in [4.78, 5) is 4.21. The van der Waals surface area contributed by atoms with Crippen LogP contribution in [0, 0.1) is 18.3 Å². The molecule has 1 aromatic carbocycles. The van der Waals surface area contributed by atoms with Gasteiger partial charge >= 0.3 is 0 Å². The van der Waals surface area contributed by atoms with E-state index in [9.17, 15) is 0 Å². The van der Waals surface area contributed by atoms with Gasteiger partial charge in [0, 0.05) is 11.6 Å². The largest absolute Gasteiger partial charge is 0.256 e. The van der Waals surface area contributed by atoms with Crippen LogP contribution >= 0.6 is 12.4 Å². The summed E-state index contributed by atoms with van der Waals surface area (Å²) in [6.45, 7) is 2.02. The van der Waals surface area contributed by atoms with Crippen molar-refractivity contribution >= 4 is 23.3 Å². The van der Waals surface area contributed by atoms with Crippen molar-refractivity contribution in [3.05, 3.63) is 41.6 Å². The van der Waals surface area contributed by atoms with Crippen LogP contribution in [-0.2, 0) is 0 Å². The zero-order chi connectivity index (χ0) is 9.26. The van der Waals surface area contributed by atoms with E-state index in [4.69, 9.17) is 5.26 Å². The van der Waals surface area contributed by atoms with Gasteiger partial charge in [-0.05, 0) is 36.8 Å². The summed E-state index contributed by atoms with van der Waals surface area (Å²) in [5.41, 5.74) is 2.78. The van der Waals surface area contributed by atoms with Crippen LogP contribution in [0.1, 0.15) is 11.1 Å². The Morgan fingerprint density at radius 2 is 2.07 bits per heavy atom. The fraction of sp³-hybridized carbons (Fsp3) is 0.0909. The lowest BCUT2D eigenvalue weighted by Crippen LogP contribution is -1.83. The average molecular weight is 205 g/mol. The molecular formula is C11H9ClN2. The van der Waals surface area contributed by atoms with Gasteiger partial charge in [-0.15, -0.1) is 12.4 Å². The van der Waals surface area contributed by atoms with E-state index in [0.717, 1.165) is 16.5 Å². The predicted molar refractivity (Wildman–Crippen MR) is 58.4 cm³/mol. The molecule has 0 spiro atoms. The molecule has 3 heteroatoms. The monoisotopic (exact) mass is 204 g/mol. The summed E-state index contributed by atoms with van der Waals surface area (Å²) in [5, 5.41) is 9.77. The number of rotatable bonds is 0. The molecule has 1 aromatic heterocycles. The third-order valence-corrected chi connectivity index (χ3v) is 2.09. The predicted octanol–water partition coefficient (Wildman–Crippen LogP) is 2.84. The smallest absolute Gasteiger partial charge is 0.0991 e. The highest BCUT2D eigenvalue weighted by Crippen LogP contribution is 2.16. The summed E-state index contributed by atoms with van der Waals surface area (Å²) < 4.78 is 0. The number of hydrogen-bond acceptors (Lipinski definition) is 2. The van der Waals surface area contributed by atoms with Gasteiger partial charge in [-0.25, -0.2) is 0 Å². The number of hydrogen-bond donors (Lipinski definition) is 0. The molecule has 0 aliphatic heterocycles. The standard InChI is InChI=1S/C11H8N2.ClH/c1-8-4-5-13-11-3-2-9(7-12)6-10(8)11;/h2-6H,1H3;1H. The van der Waals surface area contributed by atoms with Crippen LogP contribution in [0.4, 0.5) is 0 Å². The molecular weight excluding hydrogens is 196 g/mol. The van der Waals surface area contributed by atoms with Gasteiger partial charge in [0.25, 0.3) is 0 Å². The third-order valence-electron chi connectivity index (χ3n) is 2.09. The first kappa shape index (κ1) is 10.5. The number of halogens is 1. The molecule has 0 saturated carbocycles. The molecule has 0 radical (unpaired) electrons. The lowest BCUT2D eigenvalue weighted by atomic mass is 10.1. The van der Waals surface area contributed by atoms with Crippen LogP contribution in [0.15, 0.2) is 30.5 Å². The molecule has 70 valence electrons. The Kier molecular flexibility index (Phi) is 3.06. The Bertz CT molecular complexity index is 500. The second kappa shape index (κ2) is 4.08. The van der Waals surface area contributed by atoms with Gasteiger partial charge in [0.15, 0.2) is 0 Å². The molecule has 0 atom stereocenters. The summed E-state index contributed by atoms with van der Waals surface area (Å²) in [6.07, 6.45) is 1.78. The van der Waals surface area contributed by atoms with Crippen LogP contribution in [0.5, 0.6) is 0 Å². The number of benzene rings is 1. The number of aromatic nitrogens is 1. The summed E-state index contributed by atoms with van der Waals surface area (Å²) >= 11 is 0. The van der Waals surface area contributed by atoms with Crippen molar-refractivity contribution in [2.45, 2.75) is 6.92 Å². The molecule has 0 unspecified atom stereocenters. The summed E-state index contributed by atoms with van der Waals surface area (Å²) in [5.74, 6) is 0. The highest BCUT2D eigenvalue weighted by Gasteiger charge is 1.98. The van der Waals surface area contributed by atoms with Crippen molar-refractivity contribution < 1.29 is 0 Å². The van der Waals surface area contributed by atoms with Gasteiger partial charge in [0.2, 0.25) is 0 Å². The molecule has 0 amide bonds. The molecule has 14 heavy (non-hydrogen) atoms. The van der Waals surface area contributed by atoms with Crippen LogP contribution in [0.3, 0.4) is 0 Å². The van der Waals surface area contributed by atoms with Crippen molar-refractivity contribution in [1.82, 2.24) is 4.98 Å². The molecule has 0 aliphatic rings. The topological polar surface area (TPSA) is 36.7 Å². The molecule has 0 N–H and O–H groups in total. The number of aryl methyl sites for hydroxylation is 1. The number of pyridine rings is 1. The lowest BCUT2D eigenvalue weighted by Gasteiger charge is -1.99. The second-order valence-corrected chi connectivity index (χ2v) is 2.97. The van der Waals surface area contributed by atoms with Gasteiger partial charge < -0.3 is 0 Å². The number of nitriles is 1. The van der Waals surface area contributed by atoms with E-state index in [1.165, 1.54) is 0 Å². The highest BCUT2D eigenvalue weighted by atomic mass is 35.5. The quantitative estimate of drug-likeness (QED) is 0.662. The first-order valence-electron chi connectivity index (χ1n) is 4.07. The van der Waals surface area contributed by atoms with E-state index < -0.39 is 0 Å². The summed E-state index contributed by atoms with van der Waals surface area (Å²) in [6, 6.07) is 9.60. The van der Waals surface area contributed by atoms with Crippen molar-refractivity contribution in [3.8, 4) is 6.07 Å². The Morgan fingerprint density at radius 3 is 2.79 bits per heavy atom. The first-order chi connectivity index (χ1) is 6.31. The van der Waals surface area contributed by atoms with Crippen LogP contribution in [0.2, 0.25) is 0 Å². The van der Waals surface area contributed by atoms with E-state index >= 15 is 0 Å². The van der Waals surface area contributed by atoms with Crippen molar-refractivity contribution in [2.24, 2.45) is 0 Å². The maximum Gasteiger partial charge on any atom is 0.0991 e. The molecule has 0 aliphatic carbocycles. The van der Waals surface area contributed by atoms with E-state index in [2.05, 4.69) is 11.1 Å². The van der Waals surface area contributed by atoms with Crippen LogP contribution in [0.25, 0.3) is 10.9 Å². The van der Waals surface area contributed by atoms with Crippen molar-refractivity contribution in [1.29, 1.82) is 5.26 Å². The van der Waals surface area contributed by atoms with Crippen molar-refractivity contribution in [3.63, 3.8) is 0 Å². The van der Waals surface area contributed by atoms with Gasteiger partial charge in [0.05, 0.1) is 17.1 Å². The minimum Gasteiger partial charge on any atom is -0.256 e. The third kappa shape index (κ3) is 1.68. The molecule has 2 rings (SSSR count). The Morgan fingerprint density at radius 1 is 1.29 bits per heavy atom. The molecule has 0 bridgehead atoms. The van der Waals surface area contributed by atoms with Gasteiger partial charge in [0.1, 0.15) is 0 Å². The molecule has 2 nitrogen and oxygen atoms in total. The van der Waals surface area contributed by atoms with Gasteiger partial charge in [-0.2, -0.15) is 5.26 Å². The zero-order valence-electron chi connectivity index (χ0n) is 7.69. The van der Waals surface area contributed by atoms with E-state index in [-0.39, 0.29) is 12.4 Å². The van der Waals surface area contributed by atoms with E-state index in [1.54, 1.807) is 12.3 Å². The summed E-state index contributed by atoms with van der Waals surface area (Å²) in [7, 11) is 0. The normalized spacial score (nSPS) is 9.14. The Labute approximate surface area is 88.6 Å². The molecule has 1 heterocycles. The maximum absolute atomic E-state index is 8.72. The molecule has 2 aromatic rings. The average Bonchev–Trinajstić information content (AvgIpc) is 2.18. The number of nitrogens with zero attached hydrogens (tertiary/aromatic N) is 2. The Balaban J connectivity index is 0.000000980. The fourth-order valence-corrected chi connectivity index (χ4v) is 1.35. The minimum absolute atomic E-state index is 0. The van der Waals surface area contributed by atoms with E-state index in [1.807, 2.05) is 25.1 Å². The van der Waals surface area contributed by atoms with Gasteiger partial charge in [-0.3, -0.25) is 4.98 Å². The van der Waals surface area contributed by atoms with Crippen LogP contribution in [-0.4, -0.2) is 4.98 Å². The SMILES string of the molecule is Cc1ccnc2ccc(C#N)cc12.Cl. The minimum atomic E-state index is 0. The first-order valence-corrected chi connectivity index (χ1v) is 4.07. The maximum atomic E-state index is 8.72. The Hall–Kier alpha value is -1.59. The second-order valence-electron chi connectivity index (χ2n) is 2.97. The fourth-order valence-electron chi connectivity index (χ4n) is 1.35. The van der Waals surface area contributed by atoms with Crippen molar-refractivity contribution in [2.75, 3.05) is 0 Å².